The van der Waals surface area contributed by atoms with Crippen LogP contribution in [0.1, 0.15) is 17.8 Å². The number of hydrogen-bond acceptors (Lipinski definition) is 4. The van der Waals surface area contributed by atoms with Crippen molar-refractivity contribution in [3.63, 3.8) is 0 Å². The van der Waals surface area contributed by atoms with Crippen LogP contribution < -0.4 is 10.3 Å². The number of fused-ring (bicyclic) bond motifs is 2. The van der Waals surface area contributed by atoms with Gasteiger partial charge in [0.25, 0.3) is 5.56 Å². The molecule has 1 aliphatic rings. The molecule has 0 fully saturated rings. The zero-order valence-electron chi connectivity index (χ0n) is 15.7. The Bertz CT molecular complexity index is 1320. The molecule has 0 unspecified atom stereocenters. The van der Waals surface area contributed by atoms with Gasteiger partial charge in [0.05, 0.1) is 12.5 Å². The van der Waals surface area contributed by atoms with Gasteiger partial charge in [0, 0.05) is 27.5 Å². The van der Waals surface area contributed by atoms with E-state index >= 15 is 0 Å². The van der Waals surface area contributed by atoms with Gasteiger partial charge >= 0.3 is 0 Å². The van der Waals surface area contributed by atoms with Crippen LogP contribution in [0.5, 0.6) is 5.75 Å². The van der Waals surface area contributed by atoms with E-state index < -0.39 is 0 Å². The molecule has 3 heterocycles. The maximum atomic E-state index is 13.3. The predicted octanol–water partition coefficient (Wildman–Crippen LogP) is 5.84. The highest BCUT2D eigenvalue weighted by atomic mass is 79.9. The van der Waals surface area contributed by atoms with Gasteiger partial charge < -0.3 is 4.74 Å². The lowest BCUT2D eigenvalue weighted by Gasteiger charge is -2.07. The third kappa shape index (κ3) is 3.12. The number of ether oxygens (including phenoxy) is 1. The van der Waals surface area contributed by atoms with Crippen molar-refractivity contribution in [2.75, 3.05) is 7.11 Å². The topological polar surface area (TPSA) is 44.1 Å². The Kier molecular flexibility index (Phi) is 4.60. The highest BCUT2D eigenvalue weighted by Gasteiger charge is 2.23. The molecule has 0 spiro atoms. The molecule has 0 radical (unpaired) electrons. The molecule has 0 atom stereocenters. The number of aromatic nitrogens is 2. The van der Waals surface area contributed by atoms with E-state index in [9.17, 15) is 4.79 Å². The minimum Gasteiger partial charge on any atom is -0.496 e. The number of nitrogens with zero attached hydrogens (tertiary/aromatic N) is 2. The van der Waals surface area contributed by atoms with Gasteiger partial charge in [-0.25, -0.2) is 4.98 Å². The molecule has 0 aliphatic carbocycles. The van der Waals surface area contributed by atoms with E-state index in [2.05, 4.69) is 22.0 Å². The molecule has 2 aromatic heterocycles. The summed E-state index contributed by atoms with van der Waals surface area (Å²) in [5, 5.41) is 2.75. The Hall–Kier alpha value is -2.70. The highest BCUT2D eigenvalue weighted by Crippen LogP contribution is 2.35. The Morgan fingerprint density at radius 2 is 2.03 bits per heavy atom. The van der Waals surface area contributed by atoms with E-state index in [0.29, 0.717) is 11.9 Å². The molecule has 144 valence electrons. The molecule has 4 aromatic rings. The number of thiophene rings is 1. The van der Waals surface area contributed by atoms with Gasteiger partial charge in [-0.3, -0.25) is 9.36 Å². The van der Waals surface area contributed by atoms with E-state index in [4.69, 9.17) is 9.72 Å². The first-order chi connectivity index (χ1) is 14.2. The molecule has 4 nitrogen and oxygen atoms in total. The maximum Gasteiger partial charge on any atom is 0.263 e. The summed E-state index contributed by atoms with van der Waals surface area (Å²) in [4.78, 5) is 19.0. The predicted molar refractivity (Wildman–Crippen MR) is 122 cm³/mol. The van der Waals surface area contributed by atoms with Crippen molar-refractivity contribution in [3.05, 3.63) is 80.1 Å². The van der Waals surface area contributed by atoms with Crippen LogP contribution in [-0.2, 0) is 6.54 Å². The molecular formula is C23H17BrN2O2S. The fourth-order valence-corrected chi connectivity index (χ4v) is 5.11. The van der Waals surface area contributed by atoms with Gasteiger partial charge in [0.2, 0.25) is 0 Å². The number of benzene rings is 2. The summed E-state index contributed by atoms with van der Waals surface area (Å²) in [6.07, 6.45) is 2.85. The Morgan fingerprint density at radius 3 is 2.83 bits per heavy atom. The lowest BCUT2D eigenvalue weighted by molar-refractivity contribution is 0.414. The average molecular weight is 465 g/mol. The number of methoxy groups -OCH3 is 1. The van der Waals surface area contributed by atoms with Crippen molar-refractivity contribution in [1.82, 2.24) is 9.55 Å². The molecule has 0 bridgehead atoms. The highest BCUT2D eigenvalue weighted by molar-refractivity contribution is 9.10. The molecule has 0 N–H and O–H groups in total. The SMILES string of the molecule is COc1ccc(Br)cc1/C=C1/CCn2c1nc1scc(-c3ccccc3)c1c2=O. The summed E-state index contributed by atoms with van der Waals surface area (Å²) in [6.45, 7) is 0.642. The van der Waals surface area contributed by atoms with Crippen molar-refractivity contribution in [2.45, 2.75) is 13.0 Å². The molecule has 0 amide bonds. The van der Waals surface area contributed by atoms with E-state index in [0.717, 1.165) is 49.6 Å². The summed E-state index contributed by atoms with van der Waals surface area (Å²) in [7, 11) is 1.66. The fourth-order valence-electron chi connectivity index (χ4n) is 3.79. The van der Waals surface area contributed by atoms with Gasteiger partial charge in [-0.1, -0.05) is 46.3 Å². The summed E-state index contributed by atoms with van der Waals surface area (Å²) < 4.78 is 8.28. The van der Waals surface area contributed by atoms with Crippen LogP contribution >= 0.6 is 27.3 Å². The third-order valence-corrected chi connectivity index (χ3v) is 6.56. The van der Waals surface area contributed by atoms with Crippen molar-refractivity contribution in [2.24, 2.45) is 0 Å². The molecule has 1 aliphatic heterocycles. The Balaban J connectivity index is 1.67. The fraction of sp³-hybridized carbons (Fsp3) is 0.130. The second kappa shape index (κ2) is 7.28. The molecule has 6 heteroatoms. The molecule has 29 heavy (non-hydrogen) atoms. The van der Waals surface area contributed by atoms with Gasteiger partial charge in [0.15, 0.2) is 0 Å². The number of allylic oxidation sites excluding steroid dienone is 1. The molecule has 5 rings (SSSR count). The number of rotatable bonds is 3. The van der Waals surface area contributed by atoms with Crippen molar-refractivity contribution >= 4 is 49.1 Å². The van der Waals surface area contributed by atoms with Gasteiger partial charge in [-0.05, 0) is 41.8 Å². The summed E-state index contributed by atoms with van der Waals surface area (Å²) >= 11 is 5.05. The minimum absolute atomic E-state index is 0.0368. The van der Waals surface area contributed by atoms with Crippen LogP contribution in [-0.4, -0.2) is 16.7 Å². The first kappa shape index (κ1) is 18.3. The Morgan fingerprint density at radius 1 is 1.21 bits per heavy atom. The molecule has 2 aromatic carbocycles. The lowest BCUT2D eigenvalue weighted by atomic mass is 10.1. The molecule has 0 saturated heterocycles. The second-order valence-corrected chi connectivity index (χ2v) is 8.67. The number of halogens is 1. The largest absolute Gasteiger partial charge is 0.496 e. The van der Waals surface area contributed by atoms with Crippen LogP contribution in [0.4, 0.5) is 0 Å². The monoisotopic (exact) mass is 464 g/mol. The van der Waals surface area contributed by atoms with Crippen LogP contribution in [0.25, 0.3) is 33.0 Å². The molecule has 0 saturated carbocycles. The van der Waals surface area contributed by atoms with Gasteiger partial charge in [0.1, 0.15) is 16.4 Å². The maximum absolute atomic E-state index is 13.3. The second-order valence-electron chi connectivity index (χ2n) is 6.89. The van der Waals surface area contributed by atoms with Crippen LogP contribution in [0, 0.1) is 0 Å². The zero-order valence-corrected chi connectivity index (χ0v) is 18.1. The average Bonchev–Trinajstić information content (AvgIpc) is 3.34. The van der Waals surface area contributed by atoms with Crippen molar-refractivity contribution < 1.29 is 4.74 Å². The van der Waals surface area contributed by atoms with Crippen molar-refractivity contribution in [3.8, 4) is 16.9 Å². The standard InChI is InChI=1S/C23H17BrN2O2S/c1-28-19-8-7-17(24)12-16(19)11-15-9-10-26-21(15)25-22-20(23(26)27)18(13-29-22)14-5-3-2-4-6-14/h2-8,11-13H,9-10H2,1H3/b15-11-. The zero-order chi connectivity index (χ0) is 20.0. The number of hydrogen-bond donors (Lipinski definition) is 0. The summed E-state index contributed by atoms with van der Waals surface area (Å²) in [6, 6.07) is 15.9. The van der Waals surface area contributed by atoms with Crippen LogP contribution in [0.2, 0.25) is 0 Å². The first-order valence-corrected chi connectivity index (χ1v) is 10.9. The van der Waals surface area contributed by atoms with E-state index in [-0.39, 0.29) is 5.56 Å². The summed E-state index contributed by atoms with van der Waals surface area (Å²) in [5.41, 5.74) is 4.07. The normalized spacial score (nSPS) is 14.5. The molecular weight excluding hydrogens is 448 g/mol. The van der Waals surface area contributed by atoms with E-state index in [1.807, 2.05) is 53.9 Å². The Labute approximate surface area is 180 Å². The smallest absolute Gasteiger partial charge is 0.263 e. The van der Waals surface area contributed by atoms with Crippen LogP contribution in [0.3, 0.4) is 0 Å². The van der Waals surface area contributed by atoms with Gasteiger partial charge in [-0.15, -0.1) is 11.3 Å². The van der Waals surface area contributed by atoms with Gasteiger partial charge in [-0.2, -0.15) is 0 Å². The van der Waals surface area contributed by atoms with Crippen molar-refractivity contribution in [1.29, 1.82) is 0 Å². The third-order valence-electron chi connectivity index (χ3n) is 5.19. The lowest BCUT2D eigenvalue weighted by Crippen LogP contribution is -2.20. The van der Waals surface area contributed by atoms with Crippen LogP contribution in [0.15, 0.2) is 63.2 Å². The quantitative estimate of drug-likeness (QED) is 0.382. The summed E-state index contributed by atoms with van der Waals surface area (Å²) in [5.74, 6) is 1.55. The minimum atomic E-state index is 0.0368. The first-order valence-electron chi connectivity index (χ1n) is 9.27. The van der Waals surface area contributed by atoms with E-state index in [1.165, 1.54) is 11.3 Å². The van der Waals surface area contributed by atoms with E-state index in [1.54, 1.807) is 11.7 Å².